The number of aryl methyl sites for hydroxylation is 1. The molecule has 1 heterocycles. The maximum atomic E-state index is 11.5. The van der Waals surface area contributed by atoms with Crippen LogP contribution in [0.15, 0.2) is 18.7 Å². The molecule has 0 spiro atoms. The Morgan fingerprint density at radius 3 is 2.89 bits per heavy atom. The summed E-state index contributed by atoms with van der Waals surface area (Å²) in [7, 11) is 0. The third-order valence-electron chi connectivity index (χ3n) is 2.52. The molecule has 1 aromatic rings. The Morgan fingerprint density at radius 1 is 1.47 bits per heavy atom. The first kappa shape index (κ1) is 15.2. The topological polar surface area (TPSA) is 99.2 Å². The molecule has 19 heavy (non-hydrogen) atoms. The van der Waals surface area contributed by atoms with Crippen molar-refractivity contribution in [1.82, 2.24) is 14.9 Å². The van der Waals surface area contributed by atoms with Gasteiger partial charge in [-0.2, -0.15) is 0 Å². The SMILES string of the molecule is CCOC(=O)C(N)C(=O)NCCCCn1ccnc1. The fourth-order valence-electron chi connectivity index (χ4n) is 1.50. The molecule has 0 aromatic carbocycles. The van der Waals surface area contributed by atoms with Crippen molar-refractivity contribution < 1.29 is 14.3 Å². The van der Waals surface area contributed by atoms with Gasteiger partial charge in [0.05, 0.1) is 12.9 Å². The van der Waals surface area contributed by atoms with Gasteiger partial charge in [-0.15, -0.1) is 0 Å². The molecule has 0 aliphatic heterocycles. The summed E-state index contributed by atoms with van der Waals surface area (Å²) in [5.74, 6) is -1.19. The van der Waals surface area contributed by atoms with Gasteiger partial charge in [0, 0.05) is 25.5 Å². The molecule has 0 aliphatic carbocycles. The summed E-state index contributed by atoms with van der Waals surface area (Å²) < 4.78 is 6.63. The molecule has 7 heteroatoms. The molecule has 1 atom stereocenters. The molecule has 0 bridgehead atoms. The van der Waals surface area contributed by atoms with E-state index < -0.39 is 17.9 Å². The normalized spacial score (nSPS) is 11.9. The van der Waals surface area contributed by atoms with E-state index in [1.807, 2.05) is 10.8 Å². The molecule has 7 nitrogen and oxygen atoms in total. The molecule has 106 valence electrons. The predicted octanol–water partition coefficient (Wildman–Crippen LogP) is -0.330. The number of hydrogen-bond donors (Lipinski definition) is 2. The summed E-state index contributed by atoms with van der Waals surface area (Å²) in [6.07, 6.45) is 7.06. The molecule has 1 aromatic heterocycles. The van der Waals surface area contributed by atoms with Gasteiger partial charge in [-0.25, -0.2) is 9.78 Å². The molecule has 3 N–H and O–H groups in total. The first-order valence-electron chi connectivity index (χ1n) is 6.30. The number of rotatable bonds is 8. The van der Waals surface area contributed by atoms with Gasteiger partial charge in [0.2, 0.25) is 5.91 Å². The Balaban J connectivity index is 2.11. The largest absolute Gasteiger partial charge is 0.464 e. The van der Waals surface area contributed by atoms with Crippen LogP contribution in [0.1, 0.15) is 19.8 Å². The lowest BCUT2D eigenvalue weighted by molar-refractivity contribution is -0.147. The van der Waals surface area contributed by atoms with Gasteiger partial charge in [-0.3, -0.25) is 4.79 Å². The van der Waals surface area contributed by atoms with Crippen LogP contribution in [-0.2, 0) is 20.9 Å². The van der Waals surface area contributed by atoms with Gasteiger partial charge in [0.1, 0.15) is 0 Å². The highest BCUT2D eigenvalue weighted by Gasteiger charge is 2.22. The van der Waals surface area contributed by atoms with E-state index in [-0.39, 0.29) is 6.61 Å². The molecule has 1 rings (SSSR count). The predicted molar refractivity (Wildman–Crippen MR) is 69.1 cm³/mol. The number of carbonyl (C=O) groups excluding carboxylic acids is 2. The zero-order chi connectivity index (χ0) is 14.1. The number of carbonyl (C=O) groups is 2. The molecule has 0 aliphatic rings. The number of aromatic nitrogens is 2. The maximum Gasteiger partial charge on any atom is 0.332 e. The number of hydrogen-bond acceptors (Lipinski definition) is 5. The van der Waals surface area contributed by atoms with E-state index >= 15 is 0 Å². The fraction of sp³-hybridized carbons (Fsp3) is 0.583. The van der Waals surface area contributed by atoms with E-state index in [0.29, 0.717) is 6.54 Å². The molecule has 0 fully saturated rings. The summed E-state index contributed by atoms with van der Waals surface area (Å²) in [6.45, 7) is 3.21. The second-order valence-electron chi connectivity index (χ2n) is 4.03. The lowest BCUT2D eigenvalue weighted by atomic mass is 10.2. The first-order chi connectivity index (χ1) is 9.15. The second kappa shape index (κ2) is 8.25. The van der Waals surface area contributed by atoms with Crippen molar-refractivity contribution in [3.63, 3.8) is 0 Å². The highest BCUT2D eigenvalue weighted by molar-refractivity contribution is 6.01. The first-order valence-corrected chi connectivity index (χ1v) is 6.30. The van der Waals surface area contributed by atoms with Crippen LogP contribution >= 0.6 is 0 Å². The van der Waals surface area contributed by atoms with Crippen LogP contribution in [0, 0.1) is 0 Å². The minimum Gasteiger partial charge on any atom is -0.464 e. The van der Waals surface area contributed by atoms with Gasteiger partial charge in [-0.1, -0.05) is 0 Å². The van der Waals surface area contributed by atoms with Gasteiger partial charge >= 0.3 is 5.97 Å². The maximum absolute atomic E-state index is 11.5. The number of nitrogens with two attached hydrogens (primary N) is 1. The molecular formula is C12H20N4O3. The second-order valence-corrected chi connectivity index (χ2v) is 4.03. The highest BCUT2D eigenvalue weighted by Crippen LogP contribution is 1.94. The Hall–Kier alpha value is -1.89. The van der Waals surface area contributed by atoms with E-state index in [2.05, 4.69) is 15.0 Å². The number of esters is 1. The van der Waals surface area contributed by atoms with Crippen LogP contribution in [0.5, 0.6) is 0 Å². The Morgan fingerprint density at radius 2 is 2.26 bits per heavy atom. The number of nitrogens with zero attached hydrogens (tertiary/aromatic N) is 2. The Labute approximate surface area is 112 Å². The van der Waals surface area contributed by atoms with Crippen LogP contribution in [0.2, 0.25) is 0 Å². The zero-order valence-corrected chi connectivity index (χ0v) is 11.0. The third-order valence-corrected chi connectivity index (χ3v) is 2.52. The molecule has 0 saturated heterocycles. The fourth-order valence-corrected chi connectivity index (χ4v) is 1.50. The van der Waals surface area contributed by atoms with E-state index in [1.165, 1.54) is 0 Å². The highest BCUT2D eigenvalue weighted by atomic mass is 16.5. The monoisotopic (exact) mass is 268 g/mol. The Kier molecular flexibility index (Phi) is 6.59. The van der Waals surface area contributed by atoms with Gasteiger partial charge < -0.3 is 20.4 Å². The van der Waals surface area contributed by atoms with Crippen molar-refractivity contribution in [2.75, 3.05) is 13.2 Å². The standard InChI is InChI=1S/C12H20N4O3/c1-2-19-12(18)10(13)11(17)15-5-3-4-7-16-8-6-14-9-16/h6,8-10H,2-5,7,13H2,1H3,(H,15,17). The number of imidazole rings is 1. The van der Waals surface area contributed by atoms with Gasteiger partial charge in [-0.05, 0) is 19.8 Å². The van der Waals surface area contributed by atoms with Gasteiger partial charge in [0.25, 0.3) is 0 Å². The van der Waals surface area contributed by atoms with Crippen molar-refractivity contribution in [3.05, 3.63) is 18.7 Å². The Bertz CT molecular complexity index is 392. The van der Waals surface area contributed by atoms with Crippen LogP contribution in [-0.4, -0.2) is 40.6 Å². The van der Waals surface area contributed by atoms with E-state index in [4.69, 9.17) is 5.73 Å². The van der Waals surface area contributed by atoms with Crippen LogP contribution < -0.4 is 11.1 Å². The lowest BCUT2D eigenvalue weighted by Gasteiger charge is -2.11. The van der Waals surface area contributed by atoms with Crippen molar-refractivity contribution in [3.8, 4) is 0 Å². The third kappa shape index (κ3) is 5.52. The van der Waals surface area contributed by atoms with Crippen LogP contribution in [0.4, 0.5) is 0 Å². The van der Waals surface area contributed by atoms with Crippen LogP contribution in [0.3, 0.4) is 0 Å². The zero-order valence-electron chi connectivity index (χ0n) is 11.0. The summed E-state index contributed by atoms with van der Waals surface area (Å²) in [5.41, 5.74) is 5.44. The summed E-state index contributed by atoms with van der Waals surface area (Å²) in [6, 6.07) is -1.24. The van der Waals surface area contributed by atoms with Crippen molar-refractivity contribution in [2.45, 2.75) is 32.4 Å². The average Bonchev–Trinajstić information content (AvgIpc) is 2.90. The number of nitrogens with one attached hydrogen (secondary N) is 1. The molecule has 0 saturated carbocycles. The molecule has 1 amide bonds. The molecule has 1 unspecified atom stereocenters. The van der Waals surface area contributed by atoms with E-state index in [1.54, 1.807) is 19.4 Å². The number of ether oxygens (including phenoxy) is 1. The smallest absolute Gasteiger partial charge is 0.332 e. The van der Waals surface area contributed by atoms with Crippen molar-refractivity contribution in [2.24, 2.45) is 5.73 Å². The molecule has 0 radical (unpaired) electrons. The quantitative estimate of drug-likeness (QED) is 0.382. The van der Waals surface area contributed by atoms with Crippen molar-refractivity contribution in [1.29, 1.82) is 0 Å². The summed E-state index contributed by atoms with van der Waals surface area (Å²) in [5, 5.41) is 2.61. The van der Waals surface area contributed by atoms with Gasteiger partial charge in [0.15, 0.2) is 6.04 Å². The van der Waals surface area contributed by atoms with Crippen molar-refractivity contribution >= 4 is 11.9 Å². The number of amides is 1. The molecular weight excluding hydrogens is 248 g/mol. The van der Waals surface area contributed by atoms with E-state index in [0.717, 1.165) is 19.4 Å². The summed E-state index contributed by atoms with van der Waals surface area (Å²) in [4.78, 5) is 26.6. The minimum absolute atomic E-state index is 0.213. The average molecular weight is 268 g/mol. The minimum atomic E-state index is -1.24. The summed E-state index contributed by atoms with van der Waals surface area (Å²) >= 11 is 0. The van der Waals surface area contributed by atoms with Crippen LogP contribution in [0.25, 0.3) is 0 Å². The lowest BCUT2D eigenvalue weighted by Crippen LogP contribution is -2.47. The number of unbranched alkanes of at least 4 members (excludes halogenated alkanes) is 1. The van der Waals surface area contributed by atoms with E-state index in [9.17, 15) is 9.59 Å².